The lowest BCUT2D eigenvalue weighted by Crippen LogP contribution is -2.36. The van der Waals surface area contributed by atoms with Crippen LogP contribution in [0.4, 0.5) is 5.69 Å². The van der Waals surface area contributed by atoms with Crippen LogP contribution in [0.25, 0.3) is 0 Å². The number of nitrogens with one attached hydrogen (secondary N) is 2. The van der Waals surface area contributed by atoms with E-state index in [0.717, 1.165) is 15.9 Å². The topological polar surface area (TPSA) is 71.7 Å². The van der Waals surface area contributed by atoms with Gasteiger partial charge in [-0.1, -0.05) is 0 Å². The van der Waals surface area contributed by atoms with Gasteiger partial charge in [-0.25, -0.2) is 5.84 Å². The van der Waals surface area contributed by atoms with E-state index in [0.29, 0.717) is 5.96 Å². The second-order valence-electron chi connectivity index (χ2n) is 2.69. The van der Waals surface area contributed by atoms with Gasteiger partial charge in [-0.2, -0.15) is 0 Å². The number of methoxy groups -OCH3 is 1. The summed E-state index contributed by atoms with van der Waals surface area (Å²) in [7, 11) is 3.25. The van der Waals surface area contributed by atoms with Crippen LogP contribution in [0.1, 0.15) is 0 Å². The third-order valence-electron chi connectivity index (χ3n) is 1.79. The first kappa shape index (κ1) is 11.8. The van der Waals surface area contributed by atoms with Crippen LogP contribution in [0.3, 0.4) is 0 Å². The molecule has 0 bridgehead atoms. The standard InChI is InChI=1S/C9H13BrN4O/c1-12-9(14-11)13-8-5-6(15-2)3-4-7(8)10/h3-5H,11H2,1-2H3,(H2,12,13,14). The normalized spacial score (nSPS) is 11.1. The fourth-order valence-electron chi connectivity index (χ4n) is 1.01. The molecular formula is C9H13BrN4O. The van der Waals surface area contributed by atoms with Crippen molar-refractivity contribution < 1.29 is 4.74 Å². The van der Waals surface area contributed by atoms with Crippen molar-refractivity contribution >= 4 is 27.6 Å². The predicted molar refractivity (Wildman–Crippen MR) is 65.0 cm³/mol. The molecule has 0 saturated heterocycles. The van der Waals surface area contributed by atoms with Crippen LogP contribution >= 0.6 is 15.9 Å². The number of aliphatic imine (C=N–C) groups is 1. The fraction of sp³-hybridized carbons (Fsp3) is 0.222. The zero-order valence-electron chi connectivity index (χ0n) is 8.54. The predicted octanol–water partition coefficient (Wildman–Crippen LogP) is 1.32. The summed E-state index contributed by atoms with van der Waals surface area (Å²) >= 11 is 3.40. The summed E-state index contributed by atoms with van der Waals surface area (Å²) < 4.78 is 6.01. The molecule has 0 aliphatic heterocycles. The highest BCUT2D eigenvalue weighted by Crippen LogP contribution is 2.26. The molecule has 0 radical (unpaired) electrons. The molecule has 6 heteroatoms. The molecule has 4 N–H and O–H groups in total. The number of rotatable bonds is 2. The maximum absolute atomic E-state index is 5.26. The van der Waals surface area contributed by atoms with Crippen LogP contribution < -0.4 is 21.3 Å². The molecule has 1 rings (SSSR count). The maximum atomic E-state index is 5.26. The van der Waals surface area contributed by atoms with Crippen molar-refractivity contribution in [2.75, 3.05) is 19.5 Å². The maximum Gasteiger partial charge on any atom is 0.210 e. The summed E-state index contributed by atoms with van der Waals surface area (Å²) in [6.07, 6.45) is 0. The molecule has 0 saturated carbocycles. The zero-order valence-corrected chi connectivity index (χ0v) is 10.1. The zero-order chi connectivity index (χ0) is 11.3. The number of guanidine groups is 1. The minimum Gasteiger partial charge on any atom is -0.497 e. The van der Waals surface area contributed by atoms with Gasteiger partial charge in [-0.05, 0) is 28.1 Å². The average molecular weight is 273 g/mol. The number of hydrazine groups is 1. The quantitative estimate of drug-likeness (QED) is 0.329. The van der Waals surface area contributed by atoms with E-state index in [1.54, 1.807) is 14.2 Å². The molecule has 0 spiro atoms. The smallest absolute Gasteiger partial charge is 0.210 e. The molecule has 15 heavy (non-hydrogen) atoms. The van der Waals surface area contributed by atoms with Gasteiger partial charge in [-0.15, -0.1) is 0 Å². The van der Waals surface area contributed by atoms with E-state index in [1.807, 2.05) is 18.2 Å². The van der Waals surface area contributed by atoms with Gasteiger partial charge in [0.2, 0.25) is 5.96 Å². The molecule has 0 atom stereocenters. The summed E-state index contributed by atoms with van der Waals surface area (Å²) in [5.41, 5.74) is 3.27. The largest absolute Gasteiger partial charge is 0.497 e. The van der Waals surface area contributed by atoms with Crippen LogP contribution in [0.2, 0.25) is 0 Å². The van der Waals surface area contributed by atoms with Gasteiger partial charge in [-0.3, -0.25) is 10.4 Å². The Morgan fingerprint density at radius 2 is 2.27 bits per heavy atom. The molecule has 0 fully saturated rings. The highest BCUT2D eigenvalue weighted by atomic mass is 79.9. The second-order valence-corrected chi connectivity index (χ2v) is 3.54. The van der Waals surface area contributed by atoms with Gasteiger partial charge < -0.3 is 10.1 Å². The molecule has 82 valence electrons. The average Bonchev–Trinajstić information content (AvgIpc) is 2.28. The Balaban J connectivity index is 2.92. The molecule has 0 aromatic heterocycles. The number of nitrogens with zero attached hydrogens (tertiary/aromatic N) is 1. The number of anilines is 1. The highest BCUT2D eigenvalue weighted by Gasteiger charge is 2.03. The van der Waals surface area contributed by atoms with Gasteiger partial charge in [0, 0.05) is 17.6 Å². The first-order chi connectivity index (χ1) is 7.21. The van der Waals surface area contributed by atoms with Crippen LogP contribution in [0.5, 0.6) is 5.75 Å². The Morgan fingerprint density at radius 3 is 2.80 bits per heavy atom. The summed E-state index contributed by atoms with van der Waals surface area (Å²) in [6.45, 7) is 0. The Hall–Kier alpha value is -1.27. The van der Waals surface area contributed by atoms with Gasteiger partial charge in [0.1, 0.15) is 5.75 Å². The van der Waals surface area contributed by atoms with Crippen molar-refractivity contribution in [3.05, 3.63) is 22.7 Å². The SMILES string of the molecule is CN=C(NN)Nc1cc(OC)ccc1Br. The van der Waals surface area contributed by atoms with Crippen LogP contribution in [-0.4, -0.2) is 20.1 Å². The minimum absolute atomic E-state index is 0.476. The van der Waals surface area contributed by atoms with E-state index < -0.39 is 0 Å². The summed E-state index contributed by atoms with van der Waals surface area (Å²) in [5, 5.41) is 3.01. The molecule has 1 aromatic carbocycles. The van der Waals surface area contributed by atoms with Crippen molar-refractivity contribution in [2.24, 2.45) is 10.8 Å². The molecule has 0 aliphatic carbocycles. The van der Waals surface area contributed by atoms with Crippen LogP contribution in [-0.2, 0) is 0 Å². The Kier molecular flexibility index (Phi) is 4.38. The number of benzene rings is 1. The van der Waals surface area contributed by atoms with Gasteiger partial charge >= 0.3 is 0 Å². The van der Waals surface area contributed by atoms with Gasteiger partial charge in [0.15, 0.2) is 0 Å². The number of ether oxygens (including phenoxy) is 1. The molecule has 5 nitrogen and oxygen atoms in total. The lowest BCUT2D eigenvalue weighted by molar-refractivity contribution is 0.415. The molecular weight excluding hydrogens is 260 g/mol. The number of hydrogen-bond donors (Lipinski definition) is 3. The Bertz CT molecular complexity index is 367. The monoisotopic (exact) mass is 272 g/mol. The van der Waals surface area contributed by atoms with E-state index >= 15 is 0 Å². The van der Waals surface area contributed by atoms with Gasteiger partial charge in [0.05, 0.1) is 12.8 Å². The fourth-order valence-corrected chi connectivity index (χ4v) is 1.36. The summed E-state index contributed by atoms with van der Waals surface area (Å²) in [6, 6.07) is 5.57. The number of halogens is 1. The summed E-state index contributed by atoms with van der Waals surface area (Å²) in [5.74, 6) is 6.50. The van der Waals surface area contributed by atoms with Gasteiger partial charge in [0.25, 0.3) is 0 Å². The van der Waals surface area contributed by atoms with E-state index in [1.165, 1.54) is 0 Å². The number of nitrogens with two attached hydrogens (primary N) is 1. The highest BCUT2D eigenvalue weighted by molar-refractivity contribution is 9.10. The molecule has 0 heterocycles. The van der Waals surface area contributed by atoms with Crippen molar-refractivity contribution in [3.8, 4) is 5.75 Å². The van der Waals surface area contributed by atoms with Crippen LogP contribution in [0, 0.1) is 0 Å². The van der Waals surface area contributed by atoms with Crippen molar-refractivity contribution in [1.82, 2.24) is 5.43 Å². The lowest BCUT2D eigenvalue weighted by Gasteiger charge is -2.11. The Morgan fingerprint density at radius 1 is 1.53 bits per heavy atom. The van der Waals surface area contributed by atoms with Crippen molar-refractivity contribution in [3.63, 3.8) is 0 Å². The van der Waals surface area contributed by atoms with E-state index in [2.05, 4.69) is 31.7 Å². The van der Waals surface area contributed by atoms with Crippen LogP contribution in [0.15, 0.2) is 27.7 Å². The summed E-state index contributed by atoms with van der Waals surface area (Å²) in [4.78, 5) is 3.91. The third kappa shape index (κ3) is 3.10. The minimum atomic E-state index is 0.476. The van der Waals surface area contributed by atoms with Crippen molar-refractivity contribution in [1.29, 1.82) is 0 Å². The van der Waals surface area contributed by atoms with E-state index in [4.69, 9.17) is 10.6 Å². The second kappa shape index (κ2) is 5.57. The molecule has 0 amide bonds. The lowest BCUT2D eigenvalue weighted by atomic mass is 10.3. The number of hydrogen-bond acceptors (Lipinski definition) is 3. The molecule has 0 aliphatic rings. The first-order valence-electron chi connectivity index (χ1n) is 4.25. The van der Waals surface area contributed by atoms with E-state index in [-0.39, 0.29) is 0 Å². The Labute approximate surface area is 96.8 Å². The van der Waals surface area contributed by atoms with Crippen molar-refractivity contribution in [2.45, 2.75) is 0 Å². The molecule has 0 unspecified atom stereocenters. The molecule has 1 aromatic rings. The third-order valence-corrected chi connectivity index (χ3v) is 2.48. The van der Waals surface area contributed by atoms with E-state index in [9.17, 15) is 0 Å². The first-order valence-corrected chi connectivity index (χ1v) is 5.04.